The van der Waals surface area contributed by atoms with Gasteiger partial charge >= 0.3 is 6.18 Å². The smallest absolute Gasteiger partial charge is 0.275 e. The average molecular weight is 444 g/mol. The minimum absolute atomic E-state index is 0.00566. The largest absolute Gasteiger partial charge is 0.417 e. The third-order valence-corrected chi connectivity index (χ3v) is 5.23. The lowest BCUT2D eigenvalue weighted by Crippen LogP contribution is -2.29. The third-order valence-electron chi connectivity index (χ3n) is 4.90. The highest BCUT2D eigenvalue weighted by Crippen LogP contribution is 2.40. The molecule has 0 aliphatic carbocycles. The third kappa shape index (κ3) is 2.87. The summed E-state index contributed by atoms with van der Waals surface area (Å²) >= 11 is 5.66. The number of nitrogens with zero attached hydrogens (tertiary/aromatic N) is 4. The Kier molecular flexibility index (Phi) is 4.09. The van der Waals surface area contributed by atoms with E-state index in [1.54, 1.807) is 24.5 Å². The number of halogens is 4. The molecule has 4 heterocycles. The molecule has 0 radical (unpaired) electrons. The van der Waals surface area contributed by atoms with Gasteiger partial charge in [-0.1, -0.05) is 11.6 Å². The molecule has 4 aromatic rings. The summed E-state index contributed by atoms with van der Waals surface area (Å²) in [7, 11) is 0. The molecule has 154 valence electrons. The Bertz CT molecular complexity index is 1390. The predicted molar refractivity (Wildman–Crippen MR) is 105 cm³/mol. The second-order valence-corrected chi connectivity index (χ2v) is 7.10. The summed E-state index contributed by atoms with van der Waals surface area (Å²) in [5.74, 6) is -1.57. The molecule has 0 saturated carbocycles. The number of aromatic nitrogens is 4. The van der Waals surface area contributed by atoms with Gasteiger partial charge in [0, 0.05) is 24.2 Å². The van der Waals surface area contributed by atoms with Crippen LogP contribution in [-0.2, 0) is 6.18 Å². The number of benzene rings is 1. The molecular weight excluding hydrogens is 435 g/mol. The summed E-state index contributed by atoms with van der Waals surface area (Å²) in [6.07, 6.45) is -0.453. The van der Waals surface area contributed by atoms with Crippen molar-refractivity contribution >= 4 is 40.1 Å². The minimum atomic E-state index is -4.75. The number of fused-ring (bicyclic) bond motifs is 3. The lowest BCUT2D eigenvalue weighted by atomic mass is 10.0. The van der Waals surface area contributed by atoms with Gasteiger partial charge in [0.2, 0.25) is 0 Å². The van der Waals surface area contributed by atoms with Crippen LogP contribution in [0.3, 0.4) is 0 Å². The Morgan fingerprint density at radius 2 is 1.87 bits per heavy atom. The Morgan fingerprint density at radius 1 is 1.06 bits per heavy atom. The summed E-state index contributed by atoms with van der Waals surface area (Å²) in [5.41, 5.74) is -0.216. The van der Waals surface area contributed by atoms with Crippen molar-refractivity contribution in [3.05, 3.63) is 70.6 Å². The quantitative estimate of drug-likeness (QED) is 0.461. The molecule has 7 nitrogen and oxygen atoms in total. The summed E-state index contributed by atoms with van der Waals surface area (Å²) < 4.78 is 39.8. The molecule has 0 unspecified atom stereocenters. The molecule has 1 aliphatic heterocycles. The van der Waals surface area contributed by atoms with E-state index in [1.165, 1.54) is 12.3 Å². The predicted octanol–water partition coefficient (Wildman–Crippen LogP) is 4.49. The molecule has 5 rings (SSSR count). The number of carbonyl (C=O) groups is 2. The van der Waals surface area contributed by atoms with Gasteiger partial charge in [0.05, 0.1) is 38.5 Å². The average Bonchev–Trinajstić information content (AvgIpc) is 3.28. The molecule has 0 spiro atoms. The first-order valence-electron chi connectivity index (χ1n) is 8.80. The highest BCUT2D eigenvalue weighted by molar-refractivity contribution is 6.38. The van der Waals surface area contributed by atoms with Crippen LogP contribution >= 0.6 is 11.6 Å². The van der Waals surface area contributed by atoms with Crippen molar-refractivity contribution in [2.75, 3.05) is 4.90 Å². The van der Waals surface area contributed by atoms with Crippen LogP contribution in [0, 0.1) is 0 Å². The number of anilines is 1. The van der Waals surface area contributed by atoms with Crippen LogP contribution < -0.4 is 4.90 Å². The van der Waals surface area contributed by atoms with E-state index in [-0.39, 0.29) is 27.8 Å². The molecule has 1 N–H and O–H groups in total. The lowest BCUT2D eigenvalue weighted by Gasteiger charge is -2.17. The first-order valence-corrected chi connectivity index (χ1v) is 9.18. The van der Waals surface area contributed by atoms with Gasteiger partial charge in [-0.05, 0) is 30.3 Å². The fourth-order valence-corrected chi connectivity index (χ4v) is 3.74. The van der Waals surface area contributed by atoms with Gasteiger partial charge in [-0.3, -0.25) is 19.7 Å². The van der Waals surface area contributed by atoms with Crippen LogP contribution in [0.15, 0.2) is 48.9 Å². The number of rotatable bonds is 2. The van der Waals surface area contributed by atoms with Gasteiger partial charge < -0.3 is 0 Å². The number of H-pyrrole nitrogens is 1. The highest BCUT2D eigenvalue weighted by Gasteiger charge is 2.41. The van der Waals surface area contributed by atoms with Crippen LogP contribution in [0.25, 0.3) is 22.3 Å². The van der Waals surface area contributed by atoms with Gasteiger partial charge in [0.1, 0.15) is 0 Å². The van der Waals surface area contributed by atoms with Crippen molar-refractivity contribution in [1.82, 2.24) is 20.2 Å². The van der Waals surface area contributed by atoms with Crippen molar-refractivity contribution in [2.45, 2.75) is 6.18 Å². The normalized spacial score (nSPS) is 13.9. The second kappa shape index (κ2) is 6.61. The number of aromatic amines is 1. The zero-order valence-corrected chi connectivity index (χ0v) is 16.0. The molecule has 0 atom stereocenters. The monoisotopic (exact) mass is 443 g/mol. The van der Waals surface area contributed by atoms with Crippen LogP contribution in [0.5, 0.6) is 0 Å². The summed E-state index contributed by atoms with van der Waals surface area (Å²) in [6, 6.07) is 6.26. The number of imide groups is 1. The second-order valence-electron chi connectivity index (χ2n) is 6.69. The Balaban J connectivity index is 1.70. The molecule has 0 saturated heterocycles. The Labute approximate surface area is 176 Å². The van der Waals surface area contributed by atoms with Gasteiger partial charge in [-0.25, -0.2) is 9.88 Å². The van der Waals surface area contributed by atoms with Crippen LogP contribution in [-0.4, -0.2) is 32.0 Å². The molecule has 1 aromatic carbocycles. The molecule has 0 fully saturated rings. The molecule has 1 aliphatic rings. The van der Waals surface area contributed by atoms with Crippen molar-refractivity contribution in [2.24, 2.45) is 0 Å². The lowest BCUT2D eigenvalue weighted by molar-refractivity contribution is -0.137. The highest BCUT2D eigenvalue weighted by atomic mass is 35.5. The van der Waals surface area contributed by atoms with E-state index >= 15 is 0 Å². The summed E-state index contributed by atoms with van der Waals surface area (Å²) in [4.78, 5) is 35.1. The maximum Gasteiger partial charge on any atom is 0.417 e. The number of carbonyl (C=O) groups excluding carboxylic acids is 2. The zero-order chi connectivity index (χ0) is 21.9. The molecular formula is C20H9ClF3N5O2. The van der Waals surface area contributed by atoms with E-state index in [4.69, 9.17) is 11.6 Å². The molecule has 11 heteroatoms. The molecule has 2 amide bonds. The number of alkyl halides is 3. The SMILES string of the molecule is O=C1c2cnc3n[nH]c(-c4cccnc4)c3c2C(=O)N1c1ccc(Cl)c(C(F)(F)F)c1. The maximum absolute atomic E-state index is 13.3. The number of hydrogen-bond donors (Lipinski definition) is 1. The van der Waals surface area contributed by atoms with E-state index in [0.717, 1.165) is 6.07 Å². The molecule has 3 aromatic heterocycles. The first-order chi connectivity index (χ1) is 14.8. The fraction of sp³-hybridized carbons (Fsp3) is 0.0500. The van der Waals surface area contributed by atoms with E-state index in [1.807, 2.05) is 0 Å². The van der Waals surface area contributed by atoms with Gasteiger partial charge in [0.15, 0.2) is 5.65 Å². The maximum atomic E-state index is 13.3. The van der Waals surface area contributed by atoms with Gasteiger partial charge in [-0.2, -0.15) is 18.3 Å². The Morgan fingerprint density at radius 3 is 2.58 bits per heavy atom. The topological polar surface area (TPSA) is 91.8 Å². The van der Waals surface area contributed by atoms with Gasteiger partial charge in [0.25, 0.3) is 11.8 Å². The zero-order valence-electron chi connectivity index (χ0n) is 15.2. The van der Waals surface area contributed by atoms with Crippen molar-refractivity contribution in [1.29, 1.82) is 0 Å². The van der Waals surface area contributed by atoms with Gasteiger partial charge in [-0.15, -0.1) is 0 Å². The van der Waals surface area contributed by atoms with Crippen LogP contribution in [0.2, 0.25) is 5.02 Å². The summed E-state index contributed by atoms with van der Waals surface area (Å²) in [6.45, 7) is 0. The molecule has 0 bridgehead atoms. The Hall–Kier alpha value is -3.79. The summed E-state index contributed by atoms with van der Waals surface area (Å²) in [5, 5.41) is 6.61. The van der Waals surface area contributed by atoms with E-state index < -0.39 is 28.6 Å². The standard InChI is InChI=1S/C20H9ClF3N5O2/c21-13-4-3-10(6-12(13)20(22,23)24)29-18(30)11-8-26-17-15(14(11)19(29)31)16(27-28-17)9-2-1-5-25-7-9/h1-8H,(H,26,27,28). The number of amides is 2. The van der Waals surface area contributed by atoms with Crippen LogP contribution in [0.1, 0.15) is 26.3 Å². The van der Waals surface area contributed by atoms with Crippen LogP contribution in [0.4, 0.5) is 18.9 Å². The van der Waals surface area contributed by atoms with Crippen molar-refractivity contribution in [3.63, 3.8) is 0 Å². The van der Waals surface area contributed by atoms with E-state index in [9.17, 15) is 22.8 Å². The fourth-order valence-electron chi connectivity index (χ4n) is 3.52. The number of nitrogens with one attached hydrogen (secondary N) is 1. The minimum Gasteiger partial charge on any atom is -0.275 e. The first kappa shape index (κ1) is 19.2. The number of hydrogen-bond acceptors (Lipinski definition) is 5. The number of pyridine rings is 2. The van der Waals surface area contributed by atoms with Crippen molar-refractivity contribution < 1.29 is 22.8 Å². The van der Waals surface area contributed by atoms with Crippen molar-refractivity contribution in [3.8, 4) is 11.3 Å². The van der Waals surface area contributed by atoms with E-state index in [2.05, 4.69) is 20.2 Å². The van der Waals surface area contributed by atoms with E-state index in [0.29, 0.717) is 22.2 Å². The molecule has 31 heavy (non-hydrogen) atoms.